The molecular formula is C27H29N3O7S. The molecule has 4 rings (SSSR count). The number of carbonyl (C=O) groups is 2. The zero-order valence-electron chi connectivity index (χ0n) is 20.8. The molecule has 38 heavy (non-hydrogen) atoms. The van der Waals surface area contributed by atoms with E-state index in [1.165, 1.54) is 36.3 Å². The molecule has 200 valence electrons. The van der Waals surface area contributed by atoms with Gasteiger partial charge >= 0.3 is 0 Å². The first-order valence-electron chi connectivity index (χ1n) is 12.0. The lowest BCUT2D eigenvalue weighted by atomic mass is 10.1. The zero-order chi connectivity index (χ0) is 27.0. The molecule has 3 aromatic rings. The highest BCUT2D eigenvalue weighted by atomic mass is 32.2. The van der Waals surface area contributed by atoms with Crippen LogP contribution in [0.2, 0.25) is 0 Å². The van der Waals surface area contributed by atoms with Crippen LogP contribution in [0, 0.1) is 0 Å². The largest absolute Gasteiger partial charge is 0.484 e. The summed E-state index contributed by atoms with van der Waals surface area (Å²) in [7, 11) is -2.20. The lowest BCUT2D eigenvalue weighted by Crippen LogP contribution is -2.51. The van der Waals surface area contributed by atoms with Crippen molar-refractivity contribution in [2.75, 3.05) is 38.3 Å². The number of sulfonamides is 1. The van der Waals surface area contributed by atoms with Crippen molar-refractivity contribution < 1.29 is 32.2 Å². The highest BCUT2D eigenvalue weighted by Crippen LogP contribution is 2.33. The van der Waals surface area contributed by atoms with Gasteiger partial charge in [0.1, 0.15) is 11.5 Å². The van der Waals surface area contributed by atoms with Crippen LogP contribution in [0.4, 0.5) is 5.69 Å². The third-order valence-electron chi connectivity index (χ3n) is 5.77. The van der Waals surface area contributed by atoms with E-state index in [9.17, 15) is 18.0 Å². The monoisotopic (exact) mass is 539 g/mol. The van der Waals surface area contributed by atoms with Crippen molar-refractivity contribution in [3.63, 3.8) is 0 Å². The van der Waals surface area contributed by atoms with Gasteiger partial charge < -0.3 is 24.4 Å². The predicted molar refractivity (Wildman–Crippen MR) is 141 cm³/mol. The summed E-state index contributed by atoms with van der Waals surface area (Å²) in [5.74, 6) is 0.0351. The number of carbonyl (C=O) groups excluding carboxylic acids is 2. The summed E-state index contributed by atoms with van der Waals surface area (Å²) < 4.78 is 43.4. The van der Waals surface area contributed by atoms with E-state index in [0.717, 1.165) is 5.56 Å². The van der Waals surface area contributed by atoms with Gasteiger partial charge in [0.05, 0.1) is 23.7 Å². The molecule has 0 aromatic heterocycles. The number of hydrogen-bond donors (Lipinski definition) is 2. The second-order valence-corrected chi connectivity index (χ2v) is 10.2. The van der Waals surface area contributed by atoms with Crippen LogP contribution >= 0.6 is 0 Å². The van der Waals surface area contributed by atoms with E-state index in [4.69, 9.17) is 14.2 Å². The number of methoxy groups -OCH3 is 1. The molecule has 2 amide bonds. The minimum absolute atomic E-state index is 0.0180. The Morgan fingerprint density at radius 1 is 1.00 bits per heavy atom. The minimum atomic E-state index is -3.68. The number of anilines is 1. The van der Waals surface area contributed by atoms with Crippen LogP contribution in [0.1, 0.15) is 5.56 Å². The maximum absolute atomic E-state index is 13.2. The average molecular weight is 540 g/mol. The Labute approximate surface area is 221 Å². The Kier molecular flexibility index (Phi) is 8.95. The van der Waals surface area contributed by atoms with Crippen molar-refractivity contribution in [2.45, 2.75) is 17.5 Å². The first kappa shape index (κ1) is 27.1. The summed E-state index contributed by atoms with van der Waals surface area (Å²) in [6.45, 7) is 0.446. The first-order valence-corrected chi connectivity index (χ1v) is 13.4. The number of nitrogens with zero attached hydrogens (tertiary/aromatic N) is 1. The first-order chi connectivity index (χ1) is 18.4. The van der Waals surface area contributed by atoms with Gasteiger partial charge in [0, 0.05) is 20.2 Å². The summed E-state index contributed by atoms with van der Waals surface area (Å²) >= 11 is 0. The van der Waals surface area contributed by atoms with E-state index in [1.807, 2.05) is 30.3 Å². The Hall–Kier alpha value is -3.93. The number of nitrogens with one attached hydrogen (secondary N) is 2. The SMILES string of the molecule is COCCNS(=O)(=O)c1ccc(OCC(=O)N2CC(C(=O)NCc3ccccc3)Oc3ccccc32)cc1. The van der Waals surface area contributed by atoms with Gasteiger partial charge in [-0.2, -0.15) is 0 Å². The number of para-hydroxylation sites is 2. The highest BCUT2D eigenvalue weighted by Gasteiger charge is 2.33. The van der Waals surface area contributed by atoms with Crippen molar-refractivity contribution >= 4 is 27.5 Å². The lowest BCUT2D eigenvalue weighted by molar-refractivity contribution is -0.128. The van der Waals surface area contributed by atoms with Gasteiger partial charge in [-0.05, 0) is 42.0 Å². The molecule has 0 radical (unpaired) electrons. The maximum atomic E-state index is 13.2. The number of amides is 2. The highest BCUT2D eigenvalue weighted by molar-refractivity contribution is 7.89. The molecule has 1 heterocycles. The van der Waals surface area contributed by atoms with Gasteiger partial charge in [-0.15, -0.1) is 0 Å². The number of benzene rings is 3. The topological polar surface area (TPSA) is 123 Å². The Morgan fingerprint density at radius 2 is 1.71 bits per heavy atom. The summed E-state index contributed by atoms with van der Waals surface area (Å²) in [4.78, 5) is 27.5. The molecule has 0 aliphatic carbocycles. The van der Waals surface area contributed by atoms with Crippen LogP contribution < -0.4 is 24.4 Å². The van der Waals surface area contributed by atoms with Gasteiger partial charge in [0.15, 0.2) is 12.7 Å². The number of ether oxygens (including phenoxy) is 3. The van der Waals surface area contributed by atoms with Gasteiger partial charge in [0.2, 0.25) is 10.0 Å². The lowest BCUT2D eigenvalue weighted by Gasteiger charge is -2.34. The van der Waals surface area contributed by atoms with E-state index in [1.54, 1.807) is 24.3 Å². The third kappa shape index (κ3) is 6.88. The zero-order valence-corrected chi connectivity index (χ0v) is 21.6. The van der Waals surface area contributed by atoms with Crippen LogP contribution in [-0.2, 0) is 30.9 Å². The van der Waals surface area contributed by atoms with Gasteiger partial charge in [-0.1, -0.05) is 42.5 Å². The van der Waals surface area contributed by atoms with E-state index in [-0.39, 0.29) is 43.0 Å². The molecule has 0 bridgehead atoms. The standard InChI is InChI=1S/C27H29N3O7S/c1-35-16-15-29-38(33,34)22-13-11-21(12-14-22)36-19-26(31)30-18-25(37-24-10-6-5-9-23(24)30)27(32)28-17-20-7-3-2-4-8-20/h2-14,25,29H,15-19H2,1H3,(H,28,32). The van der Waals surface area contributed by atoms with E-state index < -0.39 is 16.1 Å². The molecule has 1 unspecified atom stereocenters. The second kappa shape index (κ2) is 12.5. The number of hydrogen-bond acceptors (Lipinski definition) is 7. The summed E-state index contributed by atoms with van der Waals surface area (Å²) in [5.41, 5.74) is 1.49. The van der Waals surface area contributed by atoms with E-state index in [2.05, 4.69) is 10.0 Å². The van der Waals surface area contributed by atoms with Crippen molar-refractivity contribution in [1.82, 2.24) is 10.0 Å². The number of fused-ring (bicyclic) bond motifs is 1. The molecule has 0 fully saturated rings. The van der Waals surface area contributed by atoms with Crippen molar-refractivity contribution in [3.05, 3.63) is 84.4 Å². The Balaban J connectivity index is 1.38. The molecule has 2 N–H and O–H groups in total. The molecule has 1 aliphatic heterocycles. The summed E-state index contributed by atoms with van der Waals surface area (Å²) in [6.07, 6.45) is -0.896. The smallest absolute Gasteiger partial charge is 0.265 e. The fraction of sp³-hybridized carbons (Fsp3) is 0.259. The van der Waals surface area contributed by atoms with E-state index in [0.29, 0.717) is 23.7 Å². The van der Waals surface area contributed by atoms with Crippen LogP contribution in [0.5, 0.6) is 11.5 Å². The fourth-order valence-corrected chi connectivity index (χ4v) is 4.82. The Morgan fingerprint density at radius 3 is 2.45 bits per heavy atom. The molecule has 1 aliphatic rings. The normalized spacial score (nSPS) is 14.8. The Bertz CT molecular complexity index is 1350. The minimum Gasteiger partial charge on any atom is -0.484 e. The van der Waals surface area contributed by atoms with Crippen LogP contribution in [0.15, 0.2) is 83.8 Å². The number of rotatable bonds is 11. The molecule has 0 saturated carbocycles. The third-order valence-corrected chi connectivity index (χ3v) is 7.25. The van der Waals surface area contributed by atoms with Crippen LogP contribution in [0.25, 0.3) is 0 Å². The molecule has 10 nitrogen and oxygen atoms in total. The van der Waals surface area contributed by atoms with Gasteiger partial charge in [-0.3, -0.25) is 9.59 Å². The van der Waals surface area contributed by atoms with E-state index >= 15 is 0 Å². The second-order valence-electron chi connectivity index (χ2n) is 8.43. The van der Waals surface area contributed by atoms with Crippen LogP contribution in [-0.4, -0.2) is 59.7 Å². The predicted octanol–water partition coefficient (Wildman–Crippen LogP) is 2.10. The molecule has 11 heteroatoms. The quantitative estimate of drug-likeness (QED) is 0.358. The van der Waals surface area contributed by atoms with Gasteiger partial charge in [-0.25, -0.2) is 13.1 Å². The van der Waals surface area contributed by atoms with Crippen molar-refractivity contribution in [2.24, 2.45) is 0 Å². The molecular weight excluding hydrogens is 510 g/mol. The summed E-state index contributed by atoms with van der Waals surface area (Å²) in [5, 5.41) is 2.86. The van der Waals surface area contributed by atoms with Gasteiger partial charge in [0.25, 0.3) is 11.8 Å². The average Bonchev–Trinajstić information content (AvgIpc) is 2.95. The van der Waals surface area contributed by atoms with Crippen molar-refractivity contribution in [1.29, 1.82) is 0 Å². The molecule has 0 saturated heterocycles. The molecule has 0 spiro atoms. The van der Waals surface area contributed by atoms with Crippen molar-refractivity contribution in [3.8, 4) is 11.5 Å². The molecule has 1 atom stereocenters. The maximum Gasteiger partial charge on any atom is 0.265 e. The molecule has 3 aromatic carbocycles. The summed E-state index contributed by atoms with van der Waals surface area (Å²) in [6, 6.07) is 22.2. The van der Waals surface area contributed by atoms with Crippen LogP contribution in [0.3, 0.4) is 0 Å². The fourth-order valence-electron chi connectivity index (χ4n) is 3.81.